The Labute approximate surface area is 198 Å². The molecule has 0 spiro atoms. The molecular weight excluding hydrogens is 429 g/mol. The van der Waals surface area contributed by atoms with Gasteiger partial charge in [0.1, 0.15) is 11.5 Å². The fourth-order valence-corrected chi connectivity index (χ4v) is 4.82. The van der Waals surface area contributed by atoms with Crippen molar-refractivity contribution in [2.45, 2.75) is 31.8 Å². The summed E-state index contributed by atoms with van der Waals surface area (Å²) in [6.07, 6.45) is 6.24. The fraction of sp³-hybridized carbons (Fsp3) is 0.286. The minimum absolute atomic E-state index is 0.170. The molecule has 1 aliphatic rings. The molecule has 1 aliphatic heterocycles. The molecule has 5 nitrogen and oxygen atoms in total. The third-order valence-electron chi connectivity index (χ3n) is 6.70. The van der Waals surface area contributed by atoms with E-state index >= 15 is 0 Å². The summed E-state index contributed by atoms with van der Waals surface area (Å²) >= 11 is 0. The number of methoxy groups -OCH3 is 1. The van der Waals surface area contributed by atoms with E-state index in [2.05, 4.69) is 27.8 Å². The van der Waals surface area contributed by atoms with Crippen LogP contribution in [0.3, 0.4) is 0 Å². The van der Waals surface area contributed by atoms with Crippen LogP contribution in [0.1, 0.15) is 45.8 Å². The molecule has 0 aliphatic carbocycles. The summed E-state index contributed by atoms with van der Waals surface area (Å²) in [7, 11) is 1.39. The summed E-state index contributed by atoms with van der Waals surface area (Å²) < 4.78 is 20.4. The minimum Gasteiger partial charge on any atom is -0.465 e. The second-order valence-corrected chi connectivity index (χ2v) is 8.99. The number of halogens is 1. The van der Waals surface area contributed by atoms with Gasteiger partial charge < -0.3 is 9.30 Å². The molecule has 1 saturated heterocycles. The molecule has 0 amide bonds. The van der Waals surface area contributed by atoms with Gasteiger partial charge in [-0.2, -0.15) is 0 Å². The maximum atomic E-state index is 13.5. The molecule has 1 fully saturated rings. The van der Waals surface area contributed by atoms with E-state index in [1.807, 2.05) is 24.4 Å². The Morgan fingerprint density at radius 1 is 1.03 bits per heavy atom. The van der Waals surface area contributed by atoms with Crippen molar-refractivity contribution in [3.8, 4) is 0 Å². The van der Waals surface area contributed by atoms with Gasteiger partial charge in [-0.25, -0.2) is 14.2 Å². The Balaban J connectivity index is 1.23. The summed E-state index contributed by atoms with van der Waals surface area (Å²) in [5.41, 5.74) is 4.93. The SMILES string of the molecule is COC(=O)c1ccc(Cn2ccc3cc(C4CCN(Cc5cccc(F)c5)CC4)cnc32)cc1. The van der Waals surface area contributed by atoms with E-state index in [1.165, 1.54) is 18.7 Å². The van der Waals surface area contributed by atoms with Gasteiger partial charge in [-0.15, -0.1) is 0 Å². The van der Waals surface area contributed by atoms with Crippen LogP contribution in [0, 0.1) is 5.82 Å². The first-order valence-corrected chi connectivity index (χ1v) is 11.7. The van der Waals surface area contributed by atoms with Gasteiger partial charge in [0.25, 0.3) is 0 Å². The van der Waals surface area contributed by atoms with Crippen molar-refractivity contribution in [1.82, 2.24) is 14.5 Å². The lowest BCUT2D eigenvalue weighted by Crippen LogP contribution is -2.32. The standard InChI is InChI=1S/C28H28FN3O2/c1-34-28(33)23-7-5-20(6-8-23)19-32-14-11-24-16-25(17-30-27(24)32)22-9-12-31(13-10-22)18-21-3-2-4-26(29)15-21/h2-8,11,14-17,22H,9-10,12-13,18-19H2,1H3. The predicted molar refractivity (Wildman–Crippen MR) is 130 cm³/mol. The maximum absolute atomic E-state index is 13.5. The lowest BCUT2D eigenvalue weighted by atomic mass is 9.90. The summed E-state index contributed by atoms with van der Waals surface area (Å²) in [5.74, 6) is -0.00117. The number of hydrogen-bond donors (Lipinski definition) is 0. The smallest absolute Gasteiger partial charge is 0.337 e. The Morgan fingerprint density at radius 2 is 1.82 bits per heavy atom. The zero-order valence-electron chi connectivity index (χ0n) is 19.3. The lowest BCUT2D eigenvalue weighted by molar-refractivity contribution is 0.0600. The van der Waals surface area contributed by atoms with Gasteiger partial charge in [0.05, 0.1) is 12.7 Å². The van der Waals surface area contributed by atoms with E-state index in [0.29, 0.717) is 18.0 Å². The van der Waals surface area contributed by atoms with Crippen LogP contribution in [0.5, 0.6) is 0 Å². The highest BCUT2D eigenvalue weighted by atomic mass is 19.1. The van der Waals surface area contributed by atoms with Gasteiger partial charge in [0.2, 0.25) is 0 Å². The van der Waals surface area contributed by atoms with E-state index in [9.17, 15) is 9.18 Å². The number of likely N-dealkylation sites (tertiary alicyclic amines) is 1. The molecule has 2 aromatic heterocycles. The fourth-order valence-electron chi connectivity index (χ4n) is 4.82. The first-order chi connectivity index (χ1) is 16.6. The molecule has 0 saturated carbocycles. The molecule has 3 heterocycles. The second-order valence-electron chi connectivity index (χ2n) is 8.99. The molecule has 0 N–H and O–H groups in total. The van der Waals surface area contributed by atoms with Crippen LogP contribution in [-0.4, -0.2) is 40.6 Å². The quantitative estimate of drug-likeness (QED) is 0.364. The van der Waals surface area contributed by atoms with Crippen molar-refractivity contribution in [3.63, 3.8) is 0 Å². The van der Waals surface area contributed by atoms with Crippen molar-refractivity contribution < 1.29 is 13.9 Å². The Morgan fingerprint density at radius 3 is 2.56 bits per heavy atom. The number of pyridine rings is 1. The number of carbonyl (C=O) groups is 1. The highest BCUT2D eigenvalue weighted by molar-refractivity contribution is 5.89. The van der Waals surface area contributed by atoms with Crippen LogP contribution in [0.4, 0.5) is 4.39 Å². The van der Waals surface area contributed by atoms with E-state index in [-0.39, 0.29) is 11.8 Å². The molecule has 6 heteroatoms. The third-order valence-corrected chi connectivity index (χ3v) is 6.70. The maximum Gasteiger partial charge on any atom is 0.337 e. The van der Waals surface area contributed by atoms with Crippen molar-refractivity contribution >= 4 is 17.0 Å². The monoisotopic (exact) mass is 457 g/mol. The molecule has 0 atom stereocenters. The zero-order chi connectivity index (χ0) is 23.5. The third kappa shape index (κ3) is 4.87. The van der Waals surface area contributed by atoms with E-state index < -0.39 is 0 Å². The normalized spacial score (nSPS) is 15.0. The molecule has 5 rings (SSSR count). The summed E-state index contributed by atoms with van der Waals surface area (Å²) in [6, 6.07) is 18.8. The van der Waals surface area contributed by atoms with Crippen molar-refractivity contribution in [1.29, 1.82) is 0 Å². The lowest BCUT2D eigenvalue weighted by Gasteiger charge is -2.32. The number of fused-ring (bicyclic) bond motifs is 1. The number of piperidine rings is 1. The van der Waals surface area contributed by atoms with Crippen LogP contribution in [0.25, 0.3) is 11.0 Å². The summed E-state index contributed by atoms with van der Waals surface area (Å²) in [6.45, 7) is 3.49. The number of esters is 1. The minimum atomic E-state index is -0.327. The van der Waals surface area contributed by atoms with Crippen LogP contribution in [0.2, 0.25) is 0 Å². The Kier molecular flexibility index (Phi) is 6.41. The largest absolute Gasteiger partial charge is 0.465 e. The molecule has 0 unspecified atom stereocenters. The van der Waals surface area contributed by atoms with Gasteiger partial charge in [0.15, 0.2) is 0 Å². The van der Waals surface area contributed by atoms with E-state index in [0.717, 1.165) is 54.6 Å². The van der Waals surface area contributed by atoms with Crippen LogP contribution >= 0.6 is 0 Å². The van der Waals surface area contributed by atoms with E-state index in [1.54, 1.807) is 24.3 Å². The van der Waals surface area contributed by atoms with E-state index in [4.69, 9.17) is 9.72 Å². The molecule has 4 aromatic rings. The van der Waals surface area contributed by atoms with Gasteiger partial charge >= 0.3 is 5.97 Å². The van der Waals surface area contributed by atoms with Crippen molar-refractivity contribution in [2.75, 3.05) is 20.2 Å². The molecule has 174 valence electrons. The van der Waals surface area contributed by atoms with Gasteiger partial charge in [0, 0.05) is 30.9 Å². The van der Waals surface area contributed by atoms with Gasteiger partial charge in [-0.1, -0.05) is 24.3 Å². The number of nitrogens with zero attached hydrogens (tertiary/aromatic N) is 3. The van der Waals surface area contributed by atoms with Crippen molar-refractivity contribution in [3.05, 3.63) is 101 Å². The Hall–Kier alpha value is -3.51. The van der Waals surface area contributed by atoms with Crippen LogP contribution in [-0.2, 0) is 17.8 Å². The molecule has 34 heavy (non-hydrogen) atoms. The number of carbonyl (C=O) groups excluding carboxylic acids is 1. The molecule has 2 aromatic carbocycles. The van der Waals surface area contributed by atoms with Crippen molar-refractivity contribution in [2.24, 2.45) is 0 Å². The van der Waals surface area contributed by atoms with Gasteiger partial charge in [-0.05, 0) is 84.9 Å². The second kappa shape index (κ2) is 9.77. The predicted octanol–water partition coefficient (Wildman–Crippen LogP) is 5.39. The highest BCUT2D eigenvalue weighted by Gasteiger charge is 2.21. The molecule has 0 bridgehead atoms. The number of hydrogen-bond acceptors (Lipinski definition) is 4. The highest BCUT2D eigenvalue weighted by Crippen LogP contribution is 2.30. The summed E-state index contributed by atoms with van der Waals surface area (Å²) in [4.78, 5) is 18.8. The average molecular weight is 458 g/mol. The van der Waals surface area contributed by atoms with Crippen LogP contribution < -0.4 is 0 Å². The number of aromatic nitrogens is 2. The number of rotatable bonds is 6. The summed E-state index contributed by atoms with van der Waals surface area (Å²) in [5, 5.41) is 1.14. The first kappa shape index (κ1) is 22.3. The number of ether oxygens (including phenoxy) is 1. The average Bonchev–Trinajstić information content (AvgIpc) is 3.26. The number of benzene rings is 2. The molecule has 0 radical (unpaired) electrons. The first-order valence-electron chi connectivity index (χ1n) is 11.7. The zero-order valence-corrected chi connectivity index (χ0v) is 19.3. The van der Waals surface area contributed by atoms with Gasteiger partial charge in [-0.3, -0.25) is 4.90 Å². The molecular formula is C28H28FN3O2. The topological polar surface area (TPSA) is 47.4 Å². The van der Waals surface area contributed by atoms with Crippen LogP contribution in [0.15, 0.2) is 73.1 Å². The Bertz CT molecular complexity index is 1290.